The maximum Gasteiger partial charge on any atom is 0.304 e. The molecule has 1 amide bonds. The molecule has 0 aliphatic carbocycles. The van der Waals surface area contributed by atoms with E-state index in [1.165, 1.54) is 13.0 Å². The van der Waals surface area contributed by atoms with Crippen molar-refractivity contribution in [3.05, 3.63) is 78.9 Å². The Hall–Kier alpha value is -4.81. The average Bonchev–Trinajstić information content (AvgIpc) is 3.27. The number of fused-ring (bicyclic) bond motifs is 1. The Morgan fingerprint density at radius 1 is 1.16 bits per heavy atom. The van der Waals surface area contributed by atoms with Crippen LogP contribution in [0, 0.1) is 11.3 Å². The molecular weight excluding hydrogens is 480 g/mol. The number of carbonyl (C=O) groups is 2. The summed E-state index contributed by atoms with van der Waals surface area (Å²) in [4.78, 5) is 34.9. The van der Waals surface area contributed by atoms with Gasteiger partial charge in [-0.25, -0.2) is 4.98 Å². The molecular formula is C29H28N6O3. The molecule has 0 spiro atoms. The summed E-state index contributed by atoms with van der Waals surface area (Å²) in [6.45, 7) is 3.80. The number of benzene rings is 1. The summed E-state index contributed by atoms with van der Waals surface area (Å²) >= 11 is 0. The zero-order valence-corrected chi connectivity index (χ0v) is 21.7. The van der Waals surface area contributed by atoms with Gasteiger partial charge in [0.2, 0.25) is 5.91 Å². The van der Waals surface area contributed by atoms with Crippen molar-refractivity contribution in [3.8, 4) is 28.3 Å². The molecule has 0 saturated heterocycles. The van der Waals surface area contributed by atoms with Crippen LogP contribution in [0.5, 0.6) is 0 Å². The van der Waals surface area contributed by atoms with Crippen LogP contribution in [0.3, 0.4) is 0 Å². The summed E-state index contributed by atoms with van der Waals surface area (Å²) in [5, 5.41) is 13.1. The van der Waals surface area contributed by atoms with Gasteiger partial charge in [-0.05, 0) is 50.8 Å². The molecule has 1 atom stereocenters. The van der Waals surface area contributed by atoms with E-state index >= 15 is 0 Å². The fourth-order valence-corrected chi connectivity index (χ4v) is 4.07. The van der Waals surface area contributed by atoms with E-state index in [0.29, 0.717) is 23.4 Å². The highest BCUT2D eigenvalue weighted by Gasteiger charge is 2.18. The molecule has 9 heteroatoms. The Balaban J connectivity index is 1.75. The van der Waals surface area contributed by atoms with E-state index in [2.05, 4.69) is 16.4 Å². The number of hydrogen-bond donors (Lipinski definition) is 1. The molecule has 0 bridgehead atoms. The number of amides is 1. The fourth-order valence-electron chi connectivity index (χ4n) is 4.07. The van der Waals surface area contributed by atoms with Crippen molar-refractivity contribution in [2.24, 2.45) is 0 Å². The van der Waals surface area contributed by atoms with Gasteiger partial charge in [-0.15, -0.1) is 0 Å². The highest BCUT2D eigenvalue weighted by Crippen LogP contribution is 2.35. The van der Waals surface area contributed by atoms with Gasteiger partial charge in [-0.2, -0.15) is 5.26 Å². The monoisotopic (exact) mass is 508 g/mol. The minimum absolute atomic E-state index is 0.240. The quantitative estimate of drug-likeness (QED) is 0.269. The number of hydrogen-bond acceptors (Lipinski definition) is 7. The standard InChI is InChI=1S/C29H28N6O3/c1-19(38-20(2)36)35-18-27(22-8-5-7-21(11-22)14-30)26-13-24(16-32-29(26)35)23-12-25(17-31-15-23)33-28(37)9-6-10-34(3)4/h5-9,11-13,15-19H,10H2,1-4H3,(H,33,37). The molecule has 1 aromatic carbocycles. The maximum absolute atomic E-state index is 12.3. The summed E-state index contributed by atoms with van der Waals surface area (Å²) in [7, 11) is 3.86. The van der Waals surface area contributed by atoms with Gasteiger partial charge in [0.15, 0.2) is 6.23 Å². The minimum Gasteiger partial charge on any atom is -0.442 e. The van der Waals surface area contributed by atoms with Gasteiger partial charge in [0.05, 0.1) is 23.5 Å². The highest BCUT2D eigenvalue weighted by atomic mass is 16.6. The number of pyridine rings is 2. The van der Waals surface area contributed by atoms with Crippen LogP contribution in [0.4, 0.5) is 5.69 Å². The third kappa shape index (κ3) is 6.11. The van der Waals surface area contributed by atoms with Gasteiger partial charge < -0.3 is 15.0 Å². The second-order valence-electron chi connectivity index (χ2n) is 9.06. The van der Waals surface area contributed by atoms with Crippen LogP contribution in [0.1, 0.15) is 25.6 Å². The Morgan fingerprint density at radius 3 is 2.68 bits per heavy atom. The van der Waals surface area contributed by atoms with Crippen molar-refractivity contribution in [1.82, 2.24) is 19.4 Å². The van der Waals surface area contributed by atoms with Crippen LogP contribution < -0.4 is 5.32 Å². The first-order valence-corrected chi connectivity index (χ1v) is 12.0. The van der Waals surface area contributed by atoms with Crippen molar-refractivity contribution < 1.29 is 14.3 Å². The highest BCUT2D eigenvalue weighted by molar-refractivity contribution is 6.00. The maximum atomic E-state index is 12.3. The lowest BCUT2D eigenvalue weighted by molar-refractivity contribution is -0.149. The Labute approximate surface area is 221 Å². The summed E-state index contributed by atoms with van der Waals surface area (Å²) in [5.41, 5.74) is 4.97. The van der Waals surface area contributed by atoms with Crippen LogP contribution in [0.2, 0.25) is 0 Å². The molecule has 3 aromatic heterocycles. The number of esters is 1. The van der Waals surface area contributed by atoms with Crippen molar-refractivity contribution in [2.75, 3.05) is 26.0 Å². The number of ether oxygens (including phenoxy) is 1. The molecule has 38 heavy (non-hydrogen) atoms. The number of nitriles is 1. The van der Waals surface area contributed by atoms with Gasteiger partial charge in [0.25, 0.3) is 0 Å². The molecule has 1 unspecified atom stereocenters. The van der Waals surface area contributed by atoms with Gasteiger partial charge in [0, 0.05) is 60.2 Å². The molecule has 0 saturated carbocycles. The molecule has 0 aliphatic heterocycles. The van der Waals surface area contributed by atoms with Crippen LogP contribution in [0.15, 0.2) is 73.3 Å². The third-order valence-electron chi connectivity index (χ3n) is 5.78. The summed E-state index contributed by atoms with van der Waals surface area (Å²) in [6, 6.07) is 13.3. The number of anilines is 1. The third-order valence-corrected chi connectivity index (χ3v) is 5.78. The van der Waals surface area contributed by atoms with E-state index in [-0.39, 0.29) is 5.91 Å². The number of likely N-dealkylation sites (N-methyl/N-ethyl adjacent to an activating group) is 1. The van der Waals surface area contributed by atoms with Crippen molar-refractivity contribution in [2.45, 2.75) is 20.1 Å². The topological polar surface area (TPSA) is 113 Å². The molecule has 192 valence electrons. The van der Waals surface area contributed by atoms with Crippen LogP contribution in [-0.4, -0.2) is 52.0 Å². The van der Waals surface area contributed by atoms with E-state index < -0.39 is 12.2 Å². The second-order valence-corrected chi connectivity index (χ2v) is 9.06. The predicted octanol–water partition coefficient (Wildman–Crippen LogP) is 4.77. The molecule has 3 heterocycles. The second kappa shape index (κ2) is 11.5. The first-order chi connectivity index (χ1) is 18.2. The number of aromatic nitrogens is 3. The van der Waals surface area contributed by atoms with Gasteiger partial charge in [0.1, 0.15) is 5.65 Å². The summed E-state index contributed by atoms with van der Waals surface area (Å²) in [6.07, 6.45) is 9.58. The lowest BCUT2D eigenvalue weighted by atomic mass is 10.0. The number of carbonyl (C=O) groups excluding carboxylic acids is 2. The van der Waals surface area contributed by atoms with Gasteiger partial charge >= 0.3 is 5.97 Å². The molecule has 4 aromatic rings. The minimum atomic E-state index is -0.581. The van der Waals surface area contributed by atoms with Gasteiger partial charge in [-0.3, -0.25) is 19.1 Å². The van der Waals surface area contributed by atoms with Crippen LogP contribution in [0.25, 0.3) is 33.3 Å². The summed E-state index contributed by atoms with van der Waals surface area (Å²) in [5.74, 6) is -0.638. The predicted molar refractivity (Wildman–Crippen MR) is 146 cm³/mol. The summed E-state index contributed by atoms with van der Waals surface area (Å²) < 4.78 is 7.22. The lowest BCUT2D eigenvalue weighted by Gasteiger charge is -2.14. The zero-order chi connectivity index (χ0) is 27.2. The number of rotatable bonds is 8. The first-order valence-electron chi connectivity index (χ1n) is 12.0. The van der Waals surface area contributed by atoms with Crippen molar-refractivity contribution in [1.29, 1.82) is 5.26 Å². The van der Waals surface area contributed by atoms with E-state index in [4.69, 9.17) is 9.72 Å². The molecule has 0 radical (unpaired) electrons. The number of nitrogens with zero attached hydrogens (tertiary/aromatic N) is 5. The molecule has 0 fully saturated rings. The normalized spacial score (nSPS) is 12.0. The zero-order valence-electron chi connectivity index (χ0n) is 21.7. The van der Waals surface area contributed by atoms with Gasteiger partial charge in [-0.1, -0.05) is 18.2 Å². The van der Waals surface area contributed by atoms with E-state index in [1.807, 2.05) is 55.5 Å². The first kappa shape index (κ1) is 26.3. The Kier molecular flexibility index (Phi) is 7.94. The van der Waals surface area contributed by atoms with Crippen LogP contribution >= 0.6 is 0 Å². The van der Waals surface area contributed by atoms with E-state index in [0.717, 1.165) is 27.6 Å². The van der Waals surface area contributed by atoms with Crippen LogP contribution in [-0.2, 0) is 14.3 Å². The smallest absolute Gasteiger partial charge is 0.304 e. The Bertz CT molecular complexity index is 1560. The SMILES string of the molecule is CC(=O)OC(C)n1cc(-c2cccc(C#N)c2)c2cc(-c3cncc(NC(=O)C=CCN(C)C)c3)cnc21. The average molecular weight is 509 g/mol. The molecule has 4 rings (SSSR count). The molecule has 1 N–H and O–H groups in total. The number of nitrogens with one attached hydrogen (secondary N) is 1. The molecule has 0 aliphatic rings. The van der Waals surface area contributed by atoms with E-state index in [9.17, 15) is 14.9 Å². The van der Waals surface area contributed by atoms with Crippen molar-refractivity contribution in [3.63, 3.8) is 0 Å². The molecule has 9 nitrogen and oxygen atoms in total. The Morgan fingerprint density at radius 2 is 1.95 bits per heavy atom. The van der Waals surface area contributed by atoms with E-state index in [1.54, 1.807) is 42.2 Å². The largest absolute Gasteiger partial charge is 0.442 e. The lowest BCUT2D eigenvalue weighted by Crippen LogP contribution is -2.13. The van der Waals surface area contributed by atoms with Crippen molar-refractivity contribution >= 4 is 28.6 Å². The fraction of sp³-hybridized carbons (Fsp3) is 0.207.